The Morgan fingerprint density at radius 2 is 2.00 bits per heavy atom. The number of likely N-dealkylation sites (tertiary alicyclic amines) is 1. The molecule has 0 unspecified atom stereocenters. The summed E-state index contributed by atoms with van der Waals surface area (Å²) < 4.78 is 6.88. The Bertz CT molecular complexity index is 791. The highest BCUT2D eigenvalue weighted by atomic mass is 16.5. The van der Waals surface area contributed by atoms with Crippen LogP contribution in [0, 0.1) is 6.92 Å². The molecule has 2 heterocycles. The molecule has 7 heteroatoms. The summed E-state index contributed by atoms with van der Waals surface area (Å²) >= 11 is 0. The SMILES string of the molecule is COc1ccc(C(=O)N2CCC(n3cc(C(=O)O)cn3)CC2)c(C)c1. The fraction of sp³-hybridized carbons (Fsp3) is 0.389. The molecular weight excluding hydrogens is 322 g/mol. The maximum absolute atomic E-state index is 12.7. The predicted molar refractivity (Wildman–Crippen MR) is 91.1 cm³/mol. The van der Waals surface area contributed by atoms with Crippen LogP contribution in [0.25, 0.3) is 0 Å². The van der Waals surface area contributed by atoms with Gasteiger partial charge in [0.05, 0.1) is 24.9 Å². The Labute approximate surface area is 145 Å². The van der Waals surface area contributed by atoms with Gasteiger partial charge in [-0.2, -0.15) is 5.10 Å². The van der Waals surface area contributed by atoms with Crippen LogP contribution in [0.3, 0.4) is 0 Å². The van der Waals surface area contributed by atoms with E-state index in [0.29, 0.717) is 18.7 Å². The van der Waals surface area contributed by atoms with E-state index in [2.05, 4.69) is 5.10 Å². The van der Waals surface area contributed by atoms with Crippen molar-refractivity contribution in [3.05, 3.63) is 47.3 Å². The molecule has 1 saturated heterocycles. The molecule has 25 heavy (non-hydrogen) atoms. The first kappa shape index (κ1) is 17.0. The van der Waals surface area contributed by atoms with Crippen LogP contribution >= 0.6 is 0 Å². The second kappa shape index (κ2) is 6.96. The number of piperidine rings is 1. The number of methoxy groups -OCH3 is 1. The quantitative estimate of drug-likeness (QED) is 0.921. The predicted octanol–water partition coefficient (Wildman–Crippen LogP) is 2.38. The summed E-state index contributed by atoms with van der Waals surface area (Å²) in [4.78, 5) is 25.5. The van der Waals surface area contributed by atoms with E-state index in [1.165, 1.54) is 6.20 Å². The standard InChI is InChI=1S/C18H21N3O4/c1-12-9-15(25-2)3-4-16(12)17(22)20-7-5-14(6-8-20)21-11-13(10-19-21)18(23)24/h3-4,9-11,14H,5-8H2,1-2H3,(H,23,24). The number of carboxylic acid groups (broad SMARTS) is 1. The molecule has 0 bridgehead atoms. The number of hydrogen-bond donors (Lipinski definition) is 1. The van der Waals surface area contributed by atoms with E-state index in [9.17, 15) is 9.59 Å². The van der Waals surface area contributed by atoms with Crippen LogP contribution in [0.4, 0.5) is 0 Å². The number of aryl methyl sites for hydroxylation is 1. The Balaban J connectivity index is 1.65. The van der Waals surface area contributed by atoms with Crippen molar-refractivity contribution in [3.8, 4) is 5.75 Å². The van der Waals surface area contributed by atoms with Gasteiger partial charge in [-0.25, -0.2) is 4.79 Å². The first-order chi connectivity index (χ1) is 12.0. The monoisotopic (exact) mass is 343 g/mol. The highest BCUT2D eigenvalue weighted by molar-refractivity contribution is 5.95. The van der Waals surface area contributed by atoms with Crippen LogP contribution in [0.2, 0.25) is 0 Å². The number of ether oxygens (including phenoxy) is 1. The number of aromatic nitrogens is 2. The van der Waals surface area contributed by atoms with Crippen LogP contribution < -0.4 is 4.74 Å². The minimum absolute atomic E-state index is 0.0188. The van der Waals surface area contributed by atoms with Crippen molar-refractivity contribution < 1.29 is 19.4 Å². The number of rotatable bonds is 4. The van der Waals surface area contributed by atoms with Crippen LogP contribution in [0.1, 0.15) is 45.2 Å². The Kier molecular flexibility index (Phi) is 4.74. The highest BCUT2D eigenvalue weighted by Crippen LogP contribution is 2.25. The van der Waals surface area contributed by atoms with Crippen LogP contribution in [-0.4, -0.2) is 51.9 Å². The molecule has 1 amide bonds. The minimum Gasteiger partial charge on any atom is -0.497 e. The average Bonchev–Trinajstić information content (AvgIpc) is 3.11. The fourth-order valence-corrected chi connectivity index (χ4v) is 3.16. The Morgan fingerprint density at radius 1 is 1.28 bits per heavy atom. The van der Waals surface area contributed by atoms with Gasteiger partial charge in [0.15, 0.2) is 0 Å². The number of carbonyl (C=O) groups is 2. The van der Waals surface area contributed by atoms with Gasteiger partial charge < -0.3 is 14.7 Å². The number of nitrogens with zero attached hydrogens (tertiary/aromatic N) is 3. The normalized spacial score (nSPS) is 15.2. The summed E-state index contributed by atoms with van der Waals surface area (Å²) in [5.41, 5.74) is 1.77. The van der Waals surface area contributed by atoms with Gasteiger partial charge in [0.25, 0.3) is 5.91 Å². The van der Waals surface area contributed by atoms with E-state index in [-0.39, 0.29) is 17.5 Å². The summed E-state index contributed by atoms with van der Waals surface area (Å²) in [6.45, 7) is 3.15. The van der Waals surface area contributed by atoms with Gasteiger partial charge in [-0.3, -0.25) is 9.48 Å². The number of carbonyl (C=O) groups excluding carboxylic acids is 1. The molecule has 1 aliphatic rings. The number of hydrogen-bond acceptors (Lipinski definition) is 4. The van der Waals surface area contributed by atoms with Gasteiger partial charge in [0, 0.05) is 24.8 Å². The molecule has 3 rings (SSSR count). The average molecular weight is 343 g/mol. The van der Waals surface area contributed by atoms with Gasteiger partial charge in [0.1, 0.15) is 5.75 Å². The lowest BCUT2D eigenvalue weighted by atomic mass is 10.0. The van der Waals surface area contributed by atoms with E-state index in [1.807, 2.05) is 17.9 Å². The lowest BCUT2D eigenvalue weighted by Gasteiger charge is -2.32. The summed E-state index contributed by atoms with van der Waals surface area (Å²) in [7, 11) is 1.60. The molecule has 1 aromatic heterocycles. The smallest absolute Gasteiger partial charge is 0.338 e. The molecule has 0 atom stereocenters. The summed E-state index contributed by atoms with van der Waals surface area (Å²) in [5, 5.41) is 13.1. The molecule has 1 aliphatic heterocycles. The molecule has 1 aromatic carbocycles. The van der Waals surface area contributed by atoms with E-state index in [0.717, 1.165) is 24.2 Å². The molecule has 7 nitrogen and oxygen atoms in total. The Hall–Kier alpha value is -2.83. The van der Waals surface area contributed by atoms with E-state index in [1.54, 1.807) is 30.1 Å². The molecule has 132 valence electrons. The Morgan fingerprint density at radius 3 is 2.56 bits per heavy atom. The highest BCUT2D eigenvalue weighted by Gasteiger charge is 2.26. The summed E-state index contributed by atoms with van der Waals surface area (Å²) in [5.74, 6) is -0.222. The zero-order valence-corrected chi connectivity index (χ0v) is 14.3. The molecule has 0 saturated carbocycles. The topological polar surface area (TPSA) is 84.7 Å². The summed E-state index contributed by atoms with van der Waals surface area (Å²) in [6.07, 6.45) is 4.42. The van der Waals surface area contributed by atoms with Crippen LogP contribution in [0.15, 0.2) is 30.6 Å². The van der Waals surface area contributed by atoms with Gasteiger partial charge in [-0.05, 0) is 43.5 Å². The van der Waals surface area contributed by atoms with Crippen molar-refractivity contribution in [1.29, 1.82) is 0 Å². The summed E-state index contributed by atoms with van der Waals surface area (Å²) in [6, 6.07) is 5.57. The minimum atomic E-state index is -0.978. The van der Waals surface area contributed by atoms with Crippen molar-refractivity contribution in [1.82, 2.24) is 14.7 Å². The maximum Gasteiger partial charge on any atom is 0.338 e. The molecular formula is C18H21N3O4. The van der Waals surface area contributed by atoms with Crippen molar-refractivity contribution in [3.63, 3.8) is 0 Å². The van der Waals surface area contributed by atoms with Crippen LogP contribution in [-0.2, 0) is 0 Å². The van der Waals surface area contributed by atoms with Gasteiger partial charge >= 0.3 is 5.97 Å². The molecule has 2 aromatic rings. The van der Waals surface area contributed by atoms with E-state index < -0.39 is 5.97 Å². The molecule has 0 aliphatic carbocycles. The zero-order valence-electron chi connectivity index (χ0n) is 14.3. The third-order valence-corrected chi connectivity index (χ3v) is 4.64. The fourth-order valence-electron chi connectivity index (χ4n) is 3.16. The van der Waals surface area contributed by atoms with Crippen molar-refractivity contribution in [2.45, 2.75) is 25.8 Å². The number of carboxylic acids is 1. The third kappa shape index (κ3) is 3.50. The zero-order chi connectivity index (χ0) is 18.0. The molecule has 1 fully saturated rings. The molecule has 0 spiro atoms. The largest absolute Gasteiger partial charge is 0.497 e. The van der Waals surface area contributed by atoms with E-state index >= 15 is 0 Å². The third-order valence-electron chi connectivity index (χ3n) is 4.64. The molecule has 0 radical (unpaired) electrons. The van der Waals surface area contributed by atoms with Crippen molar-refractivity contribution in [2.24, 2.45) is 0 Å². The van der Waals surface area contributed by atoms with Gasteiger partial charge in [-0.1, -0.05) is 0 Å². The van der Waals surface area contributed by atoms with Gasteiger partial charge in [-0.15, -0.1) is 0 Å². The number of amides is 1. The van der Waals surface area contributed by atoms with Crippen LogP contribution in [0.5, 0.6) is 5.75 Å². The number of aromatic carboxylic acids is 1. The van der Waals surface area contributed by atoms with Crippen molar-refractivity contribution >= 4 is 11.9 Å². The van der Waals surface area contributed by atoms with E-state index in [4.69, 9.17) is 9.84 Å². The lowest BCUT2D eigenvalue weighted by molar-refractivity contribution is 0.0687. The van der Waals surface area contributed by atoms with Gasteiger partial charge in [0.2, 0.25) is 0 Å². The second-order valence-corrected chi connectivity index (χ2v) is 6.22. The number of benzene rings is 1. The first-order valence-electron chi connectivity index (χ1n) is 8.21. The first-order valence-corrected chi connectivity index (χ1v) is 8.21. The van der Waals surface area contributed by atoms with Crippen molar-refractivity contribution in [2.75, 3.05) is 20.2 Å². The maximum atomic E-state index is 12.7. The molecule has 1 N–H and O–H groups in total. The second-order valence-electron chi connectivity index (χ2n) is 6.22. The lowest BCUT2D eigenvalue weighted by Crippen LogP contribution is -2.39.